The fourth-order valence-electron chi connectivity index (χ4n) is 1.21. The highest BCUT2D eigenvalue weighted by Crippen LogP contribution is 2.20. The molecule has 0 spiro atoms. The van der Waals surface area contributed by atoms with Crippen LogP contribution in [0.2, 0.25) is 0 Å². The number of nitriles is 1. The molecule has 2 atom stereocenters. The number of aliphatic hydroxyl groups excluding tert-OH is 1. The Bertz CT molecular complexity index is 169. The summed E-state index contributed by atoms with van der Waals surface area (Å²) in [6.07, 6.45) is 6.18. The van der Waals surface area contributed by atoms with Gasteiger partial charge in [-0.1, -0.05) is 12.2 Å². The quantitative estimate of drug-likeness (QED) is 0.436. The molecule has 0 heterocycles. The number of hydrogen-bond acceptors (Lipinski definition) is 2. The zero-order chi connectivity index (χ0) is 7.40. The molecule has 0 radical (unpaired) electrons. The molecule has 0 saturated carbocycles. The molecule has 0 aromatic rings. The van der Waals surface area contributed by atoms with Crippen LogP contribution in [0.3, 0.4) is 0 Å². The number of aliphatic hydroxyl groups is 1. The lowest BCUT2D eigenvalue weighted by Crippen LogP contribution is -2.18. The maximum atomic E-state index is 9.09. The molecule has 0 amide bonds. The zero-order valence-corrected chi connectivity index (χ0v) is 5.83. The van der Waals surface area contributed by atoms with Crippen LogP contribution in [0, 0.1) is 17.2 Å². The first-order valence-corrected chi connectivity index (χ1v) is 3.57. The molecule has 1 aliphatic rings. The van der Waals surface area contributed by atoms with Crippen LogP contribution in [0.4, 0.5) is 0 Å². The molecule has 0 aliphatic heterocycles. The minimum absolute atomic E-state index is 0.176. The van der Waals surface area contributed by atoms with E-state index in [0.717, 1.165) is 19.3 Å². The summed E-state index contributed by atoms with van der Waals surface area (Å²) in [4.78, 5) is 0. The highest BCUT2D eigenvalue weighted by Gasteiger charge is 2.17. The van der Waals surface area contributed by atoms with Crippen molar-refractivity contribution in [1.82, 2.24) is 0 Å². The summed E-state index contributed by atoms with van der Waals surface area (Å²) in [7, 11) is 0. The van der Waals surface area contributed by atoms with Gasteiger partial charge in [0.25, 0.3) is 0 Å². The number of hydrogen-bond donors (Lipinski definition) is 1. The summed E-state index contributed by atoms with van der Waals surface area (Å²) in [5, 5.41) is 17.5. The Labute approximate surface area is 60.8 Å². The van der Waals surface area contributed by atoms with E-state index in [2.05, 4.69) is 6.08 Å². The first-order valence-electron chi connectivity index (χ1n) is 3.57. The van der Waals surface area contributed by atoms with Crippen LogP contribution in [0.15, 0.2) is 12.2 Å². The lowest BCUT2D eigenvalue weighted by Gasteiger charge is -2.17. The van der Waals surface area contributed by atoms with Crippen LogP contribution in [0.1, 0.15) is 19.3 Å². The van der Waals surface area contributed by atoms with Crippen LogP contribution < -0.4 is 0 Å². The number of allylic oxidation sites excluding steroid dienone is 2. The summed E-state index contributed by atoms with van der Waals surface area (Å²) < 4.78 is 0. The molecule has 1 rings (SSSR count). The van der Waals surface area contributed by atoms with Gasteiger partial charge in [0.1, 0.15) is 6.10 Å². The summed E-state index contributed by atoms with van der Waals surface area (Å²) in [6, 6.07) is 1.86. The fourth-order valence-corrected chi connectivity index (χ4v) is 1.21. The van der Waals surface area contributed by atoms with E-state index in [4.69, 9.17) is 10.4 Å². The van der Waals surface area contributed by atoms with Gasteiger partial charge in [-0.15, -0.1) is 0 Å². The van der Waals surface area contributed by atoms with Crippen molar-refractivity contribution in [2.24, 2.45) is 5.92 Å². The molecule has 54 valence electrons. The van der Waals surface area contributed by atoms with Crippen molar-refractivity contribution in [3.63, 3.8) is 0 Å². The third kappa shape index (κ3) is 1.58. The predicted molar refractivity (Wildman–Crippen MR) is 38.1 cm³/mol. The lowest BCUT2D eigenvalue weighted by molar-refractivity contribution is 0.152. The predicted octanol–water partition coefficient (Wildman–Crippen LogP) is 1.23. The third-order valence-electron chi connectivity index (χ3n) is 1.89. The largest absolute Gasteiger partial charge is 0.378 e. The molecular weight excluding hydrogens is 126 g/mol. The van der Waals surface area contributed by atoms with E-state index < -0.39 is 6.10 Å². The minimum atomic E-state index is -0.759. The summed E-state index contributed by atoms with van der Waals surface area (Å²) in [6.45, 7) is 0. The van der Waals surface area contributed by atoms with Crippen molar-refractivity contribution < 1.29 is 5.11 Å². The molecule has 10 heavy (non-hydrogen) atoms. The van der Waals surface area contributed by atoms with Crippen molar-refractivity contribution in [1.29, 1.82) is 5.26 Å². The Morgan fingerprint density at radius 1 is 1.60 bits per heavy atom. The molecule has 1 N–H and O–H groups in total. The molecule has 0 fully saturated rings. The maximum Gasteiger partial charge on any atom is 0.143 e. The molecule has 1 aliphatic carbocycles. The van der Waals surface area contributed by atoms with Crippen molar-refractivity contribution >= 4 is 0 Å². The minimum Gasteiger partial charge on any atom is -0.378 e. The summed E-state index contributed by atoms with van der Waals surface area (Å²) >= 11 is 0. The molecule has 0 bridgehead atoms. The van der Waals surface area contributed by atoms with Crippen LogP contribution in [-0.2, 0) is 0 Å². The standard InChI is InChI=1S/C8H11NO/c9-6-8(10)7-4-2-1-3-5-7/h1-2,7-8,10H,3-5H2/t7?,8-/m1/s1. The monoisotopic (exact) mass is 137 g/mol. The number of rotatable bonds is 1. The topological polar surface area (TPSA) is 44.0 Å². The lowest BCUT2D eigenvalue weighted by atomic mass is 9.90. The molecule has 0 aromatic heterocycles. The fraction of sp³-hybridized carbons (Fsp3) is 0.625. The van der Waals surface area contributed by atoms with Crippen LogP contribution >= 0.6 is 0 Å². The second-order valence-electron chi connectivity index (χ2n) is 2.62. The highest BCUT2D eigenvalue weighted by molar-refractivity contribution is 4.97. The van der Waals surface area contributed by atoms with E-state index in [-0.39, 0.29) is 5.92 Å². The van der Waals surface area contributed by atoms with Crippen molar-refractivity contribution in [2.75, 3.05) is 0 Å². The van der Waals surface area contributed by atoms with Gasteiger partial charge in [-0.25, -0.2) is 0 Å². The van der Waals surface area contributed by atoms with Gasteiger partial charge in [0.2, 0.25) is 0 Å². The van der Waals surface area contributed by atoms with E-state index >= 15 is 0 Å². The summed E-state index contributed by atoms with van der Waals surface area (Å²) in [5.74, 6) is 0.176. The SMILES string of the molecule is N#C[C@@H](O)C1CC=CCC1. The maximum absolute atomic E-state index is 9.09. The molecule has 0 aromatic carbocycles. The van der Waals surface area contributed by atoms with Crippen molar-refractivity contribution in [3.05, 3.63) is 12.2 Å². The average molecular weight is 137 g/mol. The Morgan fingerprint density at radius 2 is 2.40 bits per heavy atom. The van der Waals surface area contributed by atoms with Gasteiger partial charge in [0.15, 0.2) is 0 Å². The van der Waals surface area contributed by atoms with Gasteiger partial charge in [-0.05, 0) is 19.3 Å². The zero-order valence-electron chi connectivity index (χ0n) is 5.83. The van der Waals surface area contributed by atoms with E-state index in [9.17, 15) is 0 Å². The van der Waals surface area contributed by atoms with Crippen LogP contribution in [0.5, 0.6) is 0 Å². The van der Waals surface area contributed by atoms with E-state index in [0.29, 0.717) is 0 Å². The Balaban J connectivity index is 2.43. The molecule has 2 heteroatoms. The first kappa shape index (κ1) is 7.30. The van der Waals surface area contributed by atoms with E-state index in [1.54, 1.807) is 0 Å². The second kappa shape index (κ2) is 3.38. The summed E-state index contributed by atoms with van der Waals surface area (Å²) in [5.41, 5.74) is 0. The van der Waals surface area contributed by atoms with Crippen LogP contribution in [-0.4, -0.2) is 11.2 Å². The van der Waals surface area contributed by atoms with E-state index in [1.165, 1.54) is 0 Å². The van der Waals surface area contributed by atoms with Crippen LogP contribution in [0.25, 0.3) is 0 Å². The van der Waals surface area contributed by atoms with Gasteiger partial charge < -0.3 is 5.11 Å². The number of nitrogens with zero attached hydrogens (tertiary/aromatic N) is 1. The van der Waals surface area contributed by atoms with Gasteiger partial charge in [-0.3, -0.25) is 0 Å². The van der Waals surface area contributed by atoms with Crippen molar-refractivity contribution in [2.45, 2.75) is 25.4 Å². The molecule has 2 nitrogen and oxygen atoms in total. The Kier molecular flexibility index (Phi) is 2.47. The second-order valence-corrected chi connectivity index (χ2v) is 2.62. The van der Waals surface area contributed by atoms with Gasteiger partial charge in [0, 0.05) is 5.92 Å². The molecule has 0 saturated heterocycles. The Hall–Kier alpha value is -0.810. The smallest absolute Gasteiger partial charge is 0.143 e. The first-order chi connectivity index (χ1) is 4.84. The van der Waals surface area contributed by atoms with E-state index in [1.807, 2.05) is 12.1 Å². The van der Waals surface area contributed by atoms with Gasteiger partial charge >= 0.3 is 0 Å². The molecule has 1 unspecified atom stereocenters. The normalized spacial score (nSPS) is 27.4. The third-order valence-corrected chi connectivity index (χ3v) is 1.89. The van der Waals surface area contributed by atoms with Crippen molar-refractivity contribution in [3.8, 4) is 6.07 Å². The highest BCUT2D eigenvalue weighted by atomic mass is 16.3. The average Bonchev–Trinajstić information content (AvgIpc) is 2.05. The molecular formula is C8H11NO. The Morgan fingerprint density at radius 3 is 2.90 bits per heavy atom. The van der Waals surface area contributed by atoms with Gasteiger partial charge in [-0.2, -0.15) is 5.26 Å². The van der Waals surface area contributed by atoms with Gasteiger partial charge in [0.05, 0.1) is 6.07 Å².